The van der Waals surface area contributed by atoms with Crippen molar-refractivity contribution < 1.29 is 9.47 Å². The van der Waals surface area contributed by atoms with Crippen LogP contribution in [0.2, 0.25) is 6.04 Å². The average molecular weight is 268 g/mol. The fourth-order valence-electron chi connectivity index (χ4n) is 1.84. The van der Waals surface area contributed by atoms with E-state index in [1.165, 1.54) is 6.04 Å². The van der Waals surface area contributed by atoms with Crippen LogP contribution in [0.3, 0.4) is 0 Å². The lowest BCUT2D eigenvalue weighted by Crippen LogP contribution is -2.21. The quantitative estimate of drug-likeness (QED) is 0.325. The molecule has 0 unspecified atom stereocenters. The normalized spacial score (nSPS) is 11.6. The molecule has 3 N–H and O–H groups in total. The number of hydrogen-bond donors (Lipinski definition) is 2. The van der Waals surface area contributed by atoms with Crippen LogP contribution in [0.1, 0.15) is 12.0 Å². The molecule has 0 fully saturated rings. The first-order valence-corrected chi connectivity index (χ1v) is 8.15. The van der Waals surface area contributed by atoms with E-state index in [1.807, 2.05) is 19.1 Å². The molecule has 0 radical (unpaired) electrons. The summed E-state index contributed by atoms with van der Waals surface area (Å²) in [6.45, 7) is 3.01. The third-order valence-corrected chi connectivity index (χ3v) is 5.13. The van der Waals surface area contributed by atoms with Crippen molar-refractivity contribution in [2.45, 2.75) is 25.3 Å². The van der Waals surface area contributed by atoms with E-state index in [9.17, 15) is 0 Å². The van der Waals surface area contributed by atoms with Crippen molar-refractivity contribution >= 4 is 20.9 Å². The van der Waals surface area contributed by atoms with Crippen LogP contribution in [-0.2, 0) is 9.47 Å². The van der Waals surface area contributed by atoms with Gasteiger partial charge in [0, 0.05) is 32.1 Å². The molecule has 0 aliphatic heterocycles. The maximum atomic E-state index is 5.86. The van der Waals surface area contributed by atoms with Gasteiger partial charge in [-0.15, -0.1) is 0 Å². The van der Waals surface area contributed by atoms with Crippen LogP contribution < -0.4 is 11.1 Å². The molecule has 0 atom stereocenters. The summed E-state index contributed by atoms with van der Waals surface area (Å²) < 4.78 is 10.4. The molecule has 4 nitrogen and oxygen atoms in total. The zero-order valence-electron chi connectivity index (χ0n) is 11.5. The second-order valence-corrected chi connectivity index (χ2v) is 6.29. The minimum atomic E-state index is -0.302. The highest BCUT2D eigenvalue weighted by Crippen LogP contribution is 2.20. The van der Waals surface area contributed by atoms with Gasteiger partial charge in [-0.25, -0.2) is 0 Å². The first-order chi connectivity index (χ1) is 8.69. The number of anilines is 2. The van der Waals surface area contributed by atoms with Crippen molar-refractivity contribution in [1.82, 2.24) is 0 Å². The lowest BCUT2D eigenvalue weighted by Gasteiger charge is -2.13. The Morgan fingerprint density at radius 1 is 1.33 bits per heavy atom. The van der Waals surface area contributed by atoms with Crippen molar-refractivity contribution in [2.24, 2.45) is 0 Å². The van der Waals surface area contributed by atoms with Crippen LogP contribution in [0.5, 0.6) is 0 Å². The molecule has 0 aliphatic carbocycles. The number of nitrogens with one attached hydrogen (secondary N) is 1. The van der Waals surface area contributed by atoms with Gasteiger partial charge >= 0.3 is 0 Å². The Balaban J connectivity index is 2.24. The minimum Gasteiger partial charge on any atom is -0.398 e. The topological polar surface area (TPSA) is 56.5 Å². The molecule has 0 heterocycles. The summed E-state index contributed by atoms with van der Waals surface area (Å²) in [4.78, 5) is 0. The van der Waals surface area contributed by atoms with Crippen LogP contribution >= 0.6 is 0 Å². The van der Waals surface area contributed by atoms with Gasteiger partial charge in [-0.05, 0) is 31.0 Å². The Bertz CT molecular complexity index is 357. The van der Waals surface area contributed by atoms with Gasteiger partial charge in [-0.2, -0.15) is 0 Å². The van der Waals surface area contributed by atoms with Crippen molar-refractivity contribution in [2.75, 3.05) is 31.8 Å². The van der Waals surface area contributed by atoms with Gasteiger partial charge in [0.15, 0.2) is 0 Å². The Labute approximate surface area is 112 Å². The highest BCUT2D eigenvalue weighted by Gasteiger charge is 2.05. The van der Waals surface area contributed by atoms with Crippen molar-refractivity contribution in [3.63, 3.8) is 0 Å². The molecule has 0 spiro atoms. The monoisotopic (exact) mass is 268 g/mol. The third kappa shape index (κ3) is 4.68. The number of nitrogen functional groups attached to an aromatic ring is 1. The molecule has 1 aromatic rings. The number of methoxy groups -OCH3 is 2. The highest BCUT2D eigenvalue weighted by atomic mass is 28.2. The fraction of sp³-hybridized carbons (Fsp3) is 0.538. The molecular formula is C13H24N2O2Si. The first-order valence-electron chi connectivity index (χ1n) is 6.33. The maximum Gasteiger partial charge on any atom is 0.134 e. The third-order valence-electron chi connectivity index (χ3n) is 3.08. The van der Waals surface area contributed by atoms with Gasteiger partial charge in [0.25, 0.3) is 0 Å². The number of benzene rings is 1. The largest absolute Gasteiger partial charge is 0.398 e. The summed E-state index contributed by atoms with van der Waals surface area (Å²) in [5, 5.41) is 3.42. The van der Waals surface area contributed by atoms with Crippen LogP contribution in [0.15, 0.2) is 18.2 Å². The zero-order chi connectivity index (χ0) is 13.4. The molecule has 1 rings (SSSR count). The summed E-state index contributed by atoms with van der Waals surface area (Å²) in [7, 11) is 3.11. The number of hydrogen-bond acceptors (Lipinski definition) is 4. The van der Waals surface area contributed by atoms with Crippen LogP contribution in [0.4, 0.5) is 11.4 Å². The summed E-state index contributed by atoms with van der Waals surface area (Å²) in [5.41, 5.74) is 8.96. The molecule has 0 bridgehead atoms. The summed E-state index contributed by atoms with van der Waals surface area (Å²) in [6.07, 6.45) is 1.14. The van der Waals surface area contributed by atoms with Gasteiger partial charge in [0.05, 0.1) is 9.52 Å². The molecule has 0 aromatic heterocycles. The number of rotatable bonds is 8. The summed E-state index contributed by atoms with van der Waals surface area (Å²) in [6, 6.07) is 7.18. The van der Waals surface area contributed by atoms with Crippen LogP contribution in [0, 0.1) is 6.92 Å². The van der Waals surface area contributed by atoms with E-state index in [4.69, 9.17) is 15.2 Å². The molecule has 102 valence electrons. The second kappa shape index (κ2) is 8.13. The van der Waals surface area contributed by atoms with E-state index in [2.05, 4.69) is 11.4 Å². The summed E-state index contributed by atoms with van der Waals surface area (Å²) in [5.74, 6) is 0.0547. The Hall–Kier alpha value is -1.04. The van der Waals surface area contributed by atoms with E-state index < -0.39 is 0 Å². The zero-order valence-corrected chi connectivity index (χ0v) is 12.9. The SMILES string of the molecule is COC(OC)[SiH2]CCCNc1cccc(N)c1C. The summed E-state index contributed by atoms with van der Waals surface area (Å²) >= 11 is 0. The predicted molar refractivity (Wildman–Crippen MR) is 79.9 cm³/mol. The molecular weight excluding hydrogens is 244 g/mol. The second-order valence-electron chi connectivity index (χ2n) is 4.34. The molecule has 18 heavy (non-hydrogen) atoms. The lowest BCUT2D eigenvalue weighted by molar-refractivity contribution is -0.0441. The van der Waals surface area contributed by atoms with Gasteiger partial charge in [0.1, 0.15) is 5.91 Å². The standard InChI is InChI=1S/C13H24N2O2Si/c1-10-11(14)6-4-7-12(10)15-8-5-9-18-13(16-2)17-3/h4,6-7,13,15H,5,8-9,14,18H2,1-3H3. The Morgan fingerprint density at radius 3 is 2.72 bits per heavy atom. The van der Waals surface area contributed by atoms with Gasteiger partial charge < -0.3 is 20.5 Å². The van der Waals surface area contributed by atoms with Gasteiger partial charge in [0.2, 0.25) is 0 Å². The van der Waals surface area contributed by atoms with E-state index in [0.717, 1.165) is 29.9 Å². The number of nitrogens with two attached hydrogens (primary N) is 1. The van der Waals surface area contributed by atoms with Gasteiger partial charge in [-0.3, -0.25) is 0 Å². The smallest absolute Gasteiger partial charge is 0.134 e. The molecule has 1 aromatic carbocycles. The van der Waals surface area contributed by atoms with E-state index in [1.54, 1.807) is 14.2 Å². The molecule has 0 saturated heterocycles. The molecule has 0 saturated carbocycles. The maximum absolute atomic E-state index is 5.86. The molecule has 5 heteroatoms. The van der Waals surface area contributed by atoms with Crippen molar-refractivity contribution in [3.05, 3.63) is 23.8 Å². The number of ether oxygens (including phenoxy) is 2. The predicted octanol–water partition coefficient (Wildman–Crippen LogP) is 1.54. The van der Waals surface area contributed by atoms with E-state index in [-0.39, 0.29) is 15.4 Å². The van der Waals surface area contributed by atoms with E-state index in [0.29, 0.717) is 0 Å². The Morgan fingerprint density at radius 2 is 2.06 bits per heavy atom. The van der Waals surface area contributed by atoms with Gasteiger partial charge in [-0.1, -0.05) is 12.1 Å². The highest BCUT2D eigenvalue weighted by molar-refractivity contribution is 6.36. The average Bonchev–Trinajstić information content (AvgIpc) is 2.38. The molecule has 0 aliphatic rings. The van der Waals surface area contributed by atoms with Crippen LogP contribution in [0.25, 0.3) is 0 Å². The van der Waals surface area contributed by atoms with Crippen molar-refractivity contribution in [1.29, 1.82) is 0 Å². The first kappa shape index (κ1) is 15.0. The lowest BCUT2D eigenvalue weighted by atomic mass is 10.1. The van der Waals surface area contributed by atoms with Crippen LogP contribution in [-0.4, -0.2) is 36.2 Å². The molecule has 0 amide bonds. The van der Waals surface area contributed by atoms with E-state index >= 15 is 0 Å². The van der Waals surface area contributed by atoms with Crippen molar-refractivity contribution in [3.8, 4) is 0 Å². The minimum absolute atomic E-state index is 0.0547. The fourth-order valence-corrected chi connectivity index (χ4v) is 3.18. The Kier molecular flexibility index (Phi) is 6.78.